The van der Waals surface area contributed by atoms with E-state index >= 15 is 0 Å². The maximum atomic E-state index is 13.7. The minimum absolute atomic E-state index is 0.00370. The summed E-state index contributed by atoms with van der Waals surface area (Å²) in [4.78, 5) is 22.2. The Labute approximate surface area is 163 Å². The second-order valence-electron chi connectivity index (χ2n) is 7.02. The van der Waals surface area contributed by atoms with E-state index in [4.69, 9.17) is 4.74 Å². The monoisotopic (exact) mass is 379 g/mol. The second-order valence-corrected chi connectivity index (χ2v) is 7.02. The highest BCUT2D eigenvalue weighted by molar-refractivity contribution is 5.95. The Morgan fingerprint density at radius 2 is 2.14 bits per heavy atom. The molecule has 0 spiro atoms. The van der Waals surface area contributed by atoms with Crippen molar-refractivity contribution in [2.45, 2.75) is 12.8 Å². The zero-order valence-corrected chi connectivity index (χ0v) is 15.5. The van der Waals surface area contributed by atoms with Gasteiger partial charge in [0.2, 0.25) is 0 Å². The molecule has 1 N–H and O–H groups in total. The fourth-order valence-corrected chi connectivity index (χ4v) is 3.56. The summed E-state index contributed by atoms with van der Waals surface area (Å²) in [6.07, 6.45) is 5.32. The van der Waals surface area contributed by atoms with Gasteiger partial charge in [0, 0.05) is 42.5 Å². The summed E-state index contributed by atoms with van der Waals surface area (Å²) in [6.45, 7) is 1.73. The molecule has 1 atom stereocenters. The van der Waals surface area contributed by atoms with Gasteiger partial charge in [-0.2, -0.15) is 0 Å². The van der Waals surface area contributed by atoms with Crippen molar-refractivity contribution in [1.29, 1.82) is 0 Å². The van der Waals surface area contributed by atoms with Crippen LogP contribution in [0.5, 0.6) is 5.75 Å². The lowest BCUT2D eigenvalue weighted by atomic mass is 9.98. The Hall–Kier alpha value is -3.15. The number of carbonyl (C=O) groups excluding carboxylic acids is 1. The predicted octanol–water partition coefficient (Wildman–Crippen LogP) is 4.15. The maximum absolute atomic E-state index is 13.7. The van der Waals surface area contributed by atoms with Gasteiger partial charge in [-0.15, -0.1) is 0 Å². The molecule has 0 aliphatic carbocycles. The van der Waals surface area contributed by atoms with E-state index in [1.807, 2.05) is 29.2 Å². The van der Waals surface area contributed by atoms with Crippen LogP contribution >= 0.6 is 0 Å². The Bertz CT molecular complexity index is 942. The third-order valence-electron chi connectivity index (χ3n) is 5.00. The lowest BCUT2D eigenvalue weighted by Crippen LogP contribution is -2.41. The molecule has 1 aliphatic heterocycles. The highest BCUT2D eigenvalue weighted by Gasteiger charge is 2.25. The van der Waals surface area contributed by atoms with Crippen LogP contribution in [0.2, 0.25) is 0 Å². The Balaban J connectivity index is 1.41. The molecule has 1 aliphatic rings. The largest absolute Gasteiger partial charge is 0.490 e. The van der Waals surface area contributed by atoms with Crippen molar-refractivity contribution < 1.29 is 13.9 Å². The Morgan fingerprint density at radius 3 is 2.96 bits per heavy atom. The number of nitrogens with zero attached hydrogens (tertiary/aromatic N) is 2. The number of para-hydroxylation sites is 1. The van der Waals surface area contributed by atoms with Gasteiger partial charge in [-0.25, -0.2) is 9.37 Å². The average Bonchev–Trinajstić information content (AvgIpc) is 3.28. The highest BCUT2D eigenvalue weighted by atomic mass is 19.1. The van der Waals surface area contributed by atoms with Gasteiger partial charge in [-0.3, -0.25) is 4.79 Å². The average molecular weight is 379 g/mol. The minimum Gasteiger partial charge on any atom is -0.490 e. The standard InChI is InChI=1S/C22H22FN3O2/c23-19-8-1-2-9-20(19)28-15-16-5-4-12-26(14-16)22(27)18-7-3-6-17(13-18)21-24-10-11-25-21/h1-3,6-11,13,16H,4-5,12,14-15H2,(H,24,25)/t16-/m1/s1. The molecule has 1 amide bonds. The Morgan fingerprint density at radius 1 is 1.25 bits per heavy atom. The molecule has 0 radical (unpaired) electrons. The van der Waals surface area contributed by atoms with E-state index in [1.165, 1.54) is 6.07 Å². The van der Waals surface area contributed by atoms with Crippen molar-refractivity contribution in [1.82, 2.24) is 14.9 Å². The van der Waals surface area contributed by atoms with Gasteiger partial charge in [0.25, 0.3) is 5.91 Å². The van der Waals surface area contributed by atoms with Gasteiger partial charge >= 0.3 is 0 Å². The molecular formula is C22H22FN3O2. The molecule has 1 aromatic heterocycles. The molecule has 0 unspecified atom stereocenters. The van der Waals surface area contributed by atoms with E-state index in [1.54, 1.807) is 30.6 Å². The number of likely N-dealkylation sites (tertiary alicyclic amines) is 1. The number of carbonyl (C=O) groups is 1. The van der Waals surface area contributed by atoms with Gasteiger partial charge in [0.05, 0.1) is 6.61 Å². The molecule has 144 valence electrons. The summed E-state index contributed by atoms with van der Waals surface area (Å²) < 4.78 is 19.4. The normalized spacial score (nSPS) is 16.8. The molecule has 6 heteroatoms. The number of hydrogen-bond acceptors (Lipinski definition) is 3. The molecule has 4 rings (SSSR count). The number of piperidine rings is 1. The molecule has 1 fully saturated rings. The molecular weight excluding hydrogens is 357 g/mol. The van der Waals surface area contributed by atoms with Crippen LogP contribution in [-0.4, -0.2) is 40.5 Å². The number of rotatable bonds is 5. The third-order valence-corrected chi connectivity index (χ3v) is 5.00. The summed E-state index contributed by atoms with van der Waals surface area (Å²) in [5.41, 5.74) is 1.52. The van der Waals surface area contributed by atoms with Crippen LogP contribution in [0.1, 0.15) is 23.2 Å². The zero-order chi connectivity index (χ0) is 19.3. The summed E-state index contributed by atoms with van der Waals surface area (Å²) in [5.74, 6) is 0.831. The number of halogens is 1. The second kappa shape index (κ2) is 8.25. The summed E-state index contributed by atoms with van der Waals surface area (Å²) >= 11 is 0. The number of hydrogen-bond donors (Lipinski definition) is 1. The van der Waals surface area contributed by atoms with E-state index in [0.717, 1.165) is 30.8 Å². The van der Waals surface area contributed by atoms with Crippen LogP contribution in [0.25, 0.3) is 11.4 Å². The van der Waals surface area contributed by atoms with E-state index in [-0.39, 0.29) is 23.4 Å². The van der Waals surface area contributed by atoms with Crippen LogP contribution in [0.3, 0.4) is 0 Å². The lowest BCUT2D eigenvalue weighted by molar-refractivity contribution is 0.0631. The molecule has 0 bridgehead atoms. The van der Waals surface area contributed by atoms with Crippen LogP contribution in [0.15, 0.2) is 60.9 Å². The highest BCUT2D eigenvalue weighted by Crippen LogP contribution is 2.23. The first kappa shape index (κ1) is 18.2. The molecule has 1 saturated heterocycles. The van der Waals surface area contributed by atoms with Gasteiger partial charge in [-0.05, 0) is 37.1 Å². The van der Waals surface area contributed by atoms with Crippen molar-refractivity contribution in [3.8, 4) is 17.1 Å². The minimum atomic E-state index is -0.360. The number of nitrogens with one attached hydrogen (secondary N) is 1. The fourth-order valence-electron chi connectivity index (χ4n) is 3.56. The number of benzene rings is 2. The molecule has 28 heavy (non-hydrogen) atoms. The molecule has 2 heterocycles. The smallest absolute Gasteiger partial charge is 0.253 e. The number of H-pyrrole nitrogens is 1. The van der Waals surface area contributed by atoms with Crippen molar-refractivity contribution in [2.75, 3.05) is 19.7 Å². The molecule has 2 aromatic carbocycles. The number of aromatic nitrogens is 2. The van der Waals surface area contributed by atoms with Crippen LogP contribution in [0.4, 0.5) is 4.39 Å². The number of amides is 1. The van der Waals surface area contributed by atoms with Gasteiger partial charge in [-0.1, -0.05) is 24.3 Å². The van der Waals surface area contributed by atoms with Crippen molar-refractivity contribution >= 4 is 5.91 Å². The first-order valence-corrected chi connectivity index (χ1v) is 9.47. The Kier molecular flexibility index (Phi) is 5.37. The summed E-state index contributed by atoms with van der Waals surface area (Å²) in [5, 5.41) is 0. The quantitative estimate of drug-likeness (QED) is 0.725. The maximum Gasteiger partial charge on any atom is 0.253 e. The molecule has 0 saturated carbocycles. The lowest BCUT2D eigenvalue weighted by Gasteiger charge is -2.32. The zero-order valence-electron chi connectivity index (χ0n) is 15.5. The van der Waals surface area contributed by atoms with Gasteiger partial charge in [0.1, 0.15) is 5.82 Å². The molecule has 3 aromatic rings. The van der Waals surface area contributed by atoms with E-state index < -0.39 is 0 Å². The number of ether oxygens (including phenoxy) is 1. The van der Waals surface area contributed by atoms with E-state index in [9.17, 15) is 9.18 Å². The van der Waals surface area contributed by atoms with Crippen LogP contribution in [0, 0.1) is 11.7 Å². The van der Waals surface area contributed by atoms with Crippen LogP contribution < -0.4 is 4.74 Å². The first-order valence-electron chi connectivity index (χ1n) is 9.47. The molecule has 5 nitrogen and oxygen atoms in total. The number of aromatic amines is 1. The fraction of sp³-hybridized carbons (Fsp3) is 0.273. The van der Waals surface area contributed by atoms with Crippen LogP contribution in [-0.2, 0) is 0 Å². The third kappa shape index (κ3) is 4.06. The SMILES string of the molecule is O=C(c1cccc(-c2ncc[nH]2)c1)N1CCC[C@@H](COc2ccccc2F)C1. The van der Waals surface area contributed by atoms with Crippen molar-refractivity contribution in [2.24, 2.45) is 5.92 Å². The predicted molar refractivity (Wildman–Crippen MR) is 105 cm³/mol. The van der Waals surface area contributed by atoms with Gasteiger partial charge < -0.3 is 14.6 Å². The van der Waals surface area contributed by atoms with Gasteiger partial charge in [0.15, 0.2) is 11.6 Å². The van der Waals surface area contributed by atoms with Crippen molar-refractivity contribution in [3.63, 3.8) is 0 Å². The topological polar surface area (TPSA) is 58.2 Å². The summed E-state index contributed by atoms with van der Waals surface area (Å²) in [6, 6.07) is 13.9. The number of imidazole rings is 1. The van der Waals surface area contributed by atoms with E-state index in [2.05, 4.69) is 9.97 Å². The first-order chi connectivity index (χ1) is 13.7. The van der Waals surface area contributed by atoms with Crippen molar-refractivity contribution in [3.05, 3.63) is 72.3 Å². The van der Waals surface area contributed by atoms with E-state index in [0.29, 0.717) is 18.7 Å². The summed E-state index contributed by atoms with van der Waals surface area (Å²) in [7, 11) is 0.